The highest BCUT2D eigenvalue weighted by Gasteiger charge is 2.22. The van der Waals surface area contributed by atoms with E-state index in [0.717, 1.165) is 0 Å². The number of amides is 2. The van der Waals surface area contributed by atoms with Crippen molar-refractivity contribution in [2.75, 3.05) is 10.6 Å². The highest BCUT2D eigenvalue weighted by Crippen LogP contribution is 2.23. The molecule has 2 N–H and O–H groups in total. The molecular formula is C26H28N2O4. The summed E-state index contributed by atoms with van der Waals surface area (Å²) in [6.07, 6.45) is -0.326. The highest BCUT2D eigenvalue weighted by molar-refractivity contribution is 6.02. The summed E-state index contributed by atoms with van der Waals surface area (Å²) in [5, 5.41) is 5.75. The van der Waals surface area contributed by atoms with Gasteiger partial charge < -0.3 is 20.1 Å². The number of benzene rings is 3. The van der Waals surface area contributed by atoms with Crippen molar-refractivity contribution < 1.29 is 19.1 Å². The topological polar surface area (TPSA) is 76.7 Å². The molecule has 0 aromatic heterocycles. The molecule has 0 bridgehead atoms. The van der Waals surface area contributed by atoms with Gasteiger partial charge in [0.1, 0.15) is 11.5 Å². The van der Waals surface area contributed by atoms with Gasteiger partial charge in [0.15, 0.2) is 12.2 Å². The molecule has 0 saturated heterocycles. The lowest BCUT2D eigenvalue weighted by molar-refractivity contribution is -0.123. The molecule has 3 aromatic carbocycles. The monoisotopic (exact) mass is 432 g/mol. The number of anilines is 2. The Labute approximate surface area is 188 Å². The molecule has 0 spiro atoms. The Kier molecular flexibility index (Phi) is 8.26. The molecule has 0 aliphatic heterocycles. The van der Waals surface area contributed by atoms with E-state index in [1.165, 1.54) is 0 Å². The van der Waals surface area contributed by atoms with Crippen molar-refractivity contribution in [1.82, 2.24) is 0 Å². The van der Waals surface area contributed by atoms with Gasteiger partial charge in [0, 0.05) is 0 Å². The molecule has 3 aromatic rings. The van der Waals surface area contributed by atoms with Crippen molar-refractivity contribution >= 4 is 23.2 Å². The van der Waals surface area contributed by atoms with Gasteiger partial charge in [0.05, 0.1) is 11.4 Å². The van der Waals surface area contributed by atoms with E-state index in [9.17, 15) is 9.59 Å². The molecular weight excluding hydrogens is 404 g/mol. The summed E-state index contributed by atoms with van der Waals surface area (Å²) < 4.78 is 11.6. The van der Waals surface area contributed by atoms with E-state index in [-0.39, 0.29) is 11.8 Å². The van der Waals surface area contributed by atoms with Crippen LogP contribution in [0.4, 0.5) is 11.4 Å². The van der Waals surface area contributed by atoms with Gasteiger partial charge in [-0.1, -0.05) is 62.4 Å². The maximum atomic E-state index is 12.8. The molecule has 0 heterocycles. The van der Waals surface area contributed by atoms with Gasteiger partial charge in [-0.15, -0.1) is 0 Å². The van der Waals surface area contributed by atoms with Crippen molar-refractivity contribution in [2.45, 2.75) is 38.9 Å². The zero-order valence-electron chi connectivity index (χ0n) is 18.3. The average Bonchev–Trinajstić information content (AvgIpc) is 2.83. The lowest BCUT2D eigenvalue weighted by Crippen LogP contribution is -2.34. The number of hydrogen-bond donors (Lipinski definition) is 2. The Morgan fingerprint density at radius 2 is 0.969 bits per heavy atom. The van der Waals surface area contributed by atoms with Crippen LogP contribution in [0.3, 0.4) is 0 Å². The number of hydrogen-bond acceptors (Lipinski definition) is 4. The second kappa shape index (κ2) is 11.6. The number of carbonyl (C=O) groups is 2. The first-order valence-corrected chi connectivity index (χ1v) is 10.7. The van der Waals surface area contributed by atoms with E-state index in [1.807, 2.05) is 74.5 Å². The Bertz CT molecular complexity index is 926. The van der Waals surface area contributed by atoms with Crippen molar-refractivity contribution in [2.24, 2.45) is 0 Å². The van der Waals surface area contributed by atoms with Gasteiger partial charge in [-0.25, -0.2) is 0 Å². The van der Waals surface area contributed by atoms with E-state index >= 15 is 0 Å². The second-order valence-corrected chi connectivity index (χ2v) is 7.18. The van der Waals surface area contributed by atoms with Crippen LogP contribution in [0.2, 0.25) is 0 Å². The number of carbonyl (C=O) groups excluding carboxylic acids is 2. The molecule has 166 valence electrons. The minimum Gasteiger partial charge on any atom is -0.481 e. The summed E-state index contributed by atoms with van der Waals surface area (Å²) >= 11 is 0. The maximum Gasteiger partial charge on any atom is 0.265 e. The van der Waals surface area contributed by atoms with Crippen LogP contribution in [0.5, 0.6) is 11.5 Å². The lowest BCUT2D eigenvalue weighted by atomic mass is 10.2. The van der Waals surface area contributed by atoms with Crippen LogP contribution >= 0.6 is 0 Å². The fourth-order valence-electron chi connectivity index (χ4n) is 3.10. The molecule has 2 unspecified atom stereocenters. The van der Waals surface area contributed by atoms with Crippen LogP contribution in [-0.4, -0.2) is 24.0 Å². The number of para-hydroxylation sites is 4. The largest absolute Gasteiger partial charge is 0.481 e. The molecule has 0 radical (unpaired) electrons. The molecule has 2 amide bonds. The van der Waals surface area contributed by atoms with Gasteiger partial charge in [0.2, 0.25) is 0 Å². The molecule has 2 atom stereocenters. The Balaban J connectivity index is 1.68. The first-order chi connectivity index (χ1) is 15.6. The molecule has 32 heavy (non-hydrogen) atoms. The Morgan fingerprint density at radius 3 is 1.31 bits per heavy atom. The summed E-state index contributed by atoms with van der Waals surface area (Å²) in [5.41, 5.74) is 0.992. The van der Waals surface area contributed by atoms with Crippen LogP contribution in [0.25, 0.3) is 0 Å². The quantitative estimate of drug-likeness (QED) is 0.457. The molecule has 3 rings (SSSR count). The third kappa shape index (κ3) is 6.35. The third-order valence-corrected chi connectivity index (χ3v) is 4.81. The van der Waals surface area contributed by atoms with E-state index in [0.29, 0.717) is 35.7 Å². The Hall–Kier alpha value is -3.80. The zero-order chi connectivity index (χ0) is 22.8. The van der Waals surface area contributed by atoms with Gasteiger partial charge in [-0.2, -0.15) is 0 Å². The molecule has 0 fully saturated rings. The average molecular weight is 433 g/mol. The van der Waals surface area contributed by atoms with Crippen LogP contribution in [0.1, 0.15) is 26.7 Å². The third-order valence-electron chi connectivity index (χ3n) is 4.81. The summed E-state index contributed by atoms with van der Waals surface area (Å²) in [6, 6.07) is 25.5. The highest BCUT2D eigenvalue weighted by atomic mass is 16.5. The number of nitrogens with one attached hydrogen (secondary N) is 2. The molecule has 6 heteroatoms. The van der Waals surface area contributed by atoms with Crippen LogP contribution in [-0.2, 0) is 9.59 Å². The second-order valence-electron chi connectivity index (χ2n) is 7.18. The first kappa shape index (κ1) is 22.9. The standard InChI is InChI=1S/C26H28N2O4/c1-3-23(31-19-13-7-5-8-14-19)25(29)27-21-17-11-12-18-22(21)28-26(30)24(4-2)32-20-15-9-6-10-16-20/h5-18,23-24H,3-4H2,1-2H3,(H,27,29)(H,28,30). The minimum atomic E-state index is -0.661. The molecule has 0 saturated carbocycles. The van der Waals surface area contributed by atoms with Crippen LogP contribution in [0, 0.1) is 0 Å². The van der Waals surface area contributed by atoms with E-state index in [1.54, 1.807) is 24.3 Å². The molecule has 0 aliphatic rings. The van der Waals surface area contributed by atoms with Crippen molar-refractivity contribution in [3.63, 3.8) is 0 Å². The minimum absolute atomic E-state index is 0.286. The van der Waals surface area contributed by atoms with Gasteiger partial charge >= 0.3 is 0 Å². The van der Waals surface area contributed by atoms with Crippen LogP contribution in [0.15, 0.2) is 84.9 Å². The van der Waals surface area contributed by atoms with Crippen molar-refractivity contribution in [1.29, 1.82) is 0 Å². The maximum absolute atomic E-state index is 12.8. The van der Waals surface area contributed by atoms with Gasteiger partial charge in [0.25, 0.3) is 11.8 Å². The predicted molar refractivity (Wildman–Crippen MR) is 126 cm³/mol. The zero-order valence-corrected chi connectivity index (χ0v) is 18.3. The fourth-order valence-corrected chi connectivity index (χ4v) is 3.10. The van der Waals surface area contributed by atoms with Crippen molar-refractivity contribution in [3.05, 3.63) is 84.9 Å². The SMILES string of the molecule is CCC(Oc1ccccc1)C(=O)Nc1ccccc1NC(=O)C(CC)Oc1ccccc1. The van der Waals surface area contributed by atoms with Crippen LogP contribution < -0.4 is 20.1 Å². The van der Waals surface area contributed by atoms with Crippen molar-refractivity contribution in [3.8, 4) is 11.5 Å². The Morgan fingerprint density at radius 1 is 0.625 bits per heavy atom. The molecule has 6 nitrogen and oxygen atoms in total. The normalized spacial score (nSPS) is 12.3. The number of ether oxygens (including phenoxy) is 2. The smallest absolute Gasteiger partial charge is 0.265 e. The lowest BCUT2D eigenvalue weighted by Gasteiger charge is -2.20. The van der Waals surface area contributed by atoms with Gasteiger partial charge in [-0.3, -0.25) is 9.59 Å². The number of rotatable bonds is 10. The van der Waals surface area contributed by atoms with E-state index in [2.05, 4.69) is 10.6 Å². The van der Waals surface area contributed by atoms with Gasteiger partial charge in [-0.05, 0) is 49.2 Å². The fraction of sp³-hybridized carbons (Fsp3) is 0.231. The van der Waals surface area contributed by atoms with E-state index in [4.69, 9.17) is 9.47 Å². The summed E-state index contributed by atoms with van der Waals surface area (Å²) in [4.78, 5) is 25.7. The first-order valence-electron chi connectivity index (χ1n) is 10.7. The predicted octanol–water partition coefficient (Wildman–Crippen LogP) is 5.28. The molecule has 0 aliphatic carbocycles. The summed E-state index contributed by atoms with van der Waals surface area (Å²) in [7, 11) is 0. The summed E-state index contributed by atoms with van der Waals surface area (Å²) in [5.74, 6) is 0.677. The van der Waals surface area contributed by atoms with E-state index < -0.39 is 12.2 Å². The summed E-state index contributed by atoms with van der Waals surface area (Å²) in [6.45, 7) is 3.77.